The van der Waals surface area contributed by atoms with Crippen molar-refractivity contribution in [3.8, 4) is 23.0 Å². The van der Waals surface area contributed by atoms with Gasteiger partial charge in [-0.15, -0.1) is 0 Å². The minimum Gasteiger partial charge on any atom is -0.298 e. The average Bonchev–Trinajstić information content (AvgIpc) is 3.67. The van der Waals surface area contributed by atoms with Crippen LogP contribution in [-0.2, 0) is 55.7 Å². The standard InChI is InChI=1S/C41H37ClF7N5O5S2/c1-21-34-30-17-31(30)41(48,49)38(34)53(51-21)18-27(55)15-23(12-22-13-24(43)16-25(44)14-22)36-28(7-6-26(50-36)10-11-39(2,3)61(5,58)59)29-8-9-32(42)35-33(19-60(4,56)57)52-54(37(29)35)20-40(45,46)47/h6-9,13-14,16,23,30-31H,12,15,17-20H2,1-5H3/t23-,30+,31-/m1/s1. The Morgan fingerprint density at radius 3 is 2.26 bits per heavy atom. The Labute approximate surface area is 351 Å². The summed E-state index contributed by atoms with van der Waals surface area (Å²) in [6, 6.07) is 8.02. The molecule has 2 aliphatic carbocycles. The van der Waals surface area contributed by atoms with E-state index in [0.29, 0.717) is 22.0 Å². The first-order valence-electron chi connectivity index (χ1n) is 18.7. The number of aromatic nitrogens is 5. The Hall–Kier alpha value is -4.80. The highest BCUT2D eigenvalue weighted by atomic mass is 35.5. The lowest BCUT2D eigenvalue weighted by Gasteiger charge is -2.22. The Morgan fingerprint density at radius 1 is 0.984 bits per heavy atom. The SMILES string of the molecule is Cc1nn(CC(=O)C[C@@H](Cc2cc(F)cc(F)c2)c2nc(C#CC(C)(C)S(C)(=O)=O)ccc2-c2ccc(Cl)c3c(CS(C)(=O)=O)nn(CC(F)(F)F)c23)c2c1[C@H]1C[C@H]1C2(F)F. The number of pyridine rings is 1. The van der Waals surface area contributed by atoms with Gasteiger partial charge < -0.3 is 0 Å². The van der Waals surface area contributed by atoms with E-state index >= 15 is 8.78 Å². The van der Waals surface area contributed by atoms with E-state index in [2.05, 4.69) is 22.0 Å². The van der Waals surface area contributed by atoms with E-state index in [1.807, 2.05) is 0 Å². The molecule has 0 radical (unpaired) electrons. The fourth-order valence-corrected chi connectivity index (χ4v) is 9.17. The molecule has 324 valence electrons. The lowest BCUT2D eigenvalue weighted by Crippen LogP contribution is -2.28. The quantitative estimate of drug-likeness (QED) is 0.0909. The molecule has 1 fully saturated rings. The number of benzene rings is 2. The maximum atomic E-state index is 15.5. The number of Topliss-reactive ketones (excluding diaryl/α,β-unsaturated/α-hetero) is 1. The van der Waals surface area contributed by atoms with Gasteiger partial charge in [0, 0.05) is 58.9 Å². The second-order valence-corrected chi connectivity index (χ2v) is 21.4. The highest BCUT2D eigenvalue weighted by Gasteiger charge is 2.66. The predicted octanol–water partition coefficient (Wildman–Crippen LogP) is 8.01. The van der Waals surface area contributed by atoms with E-state index in [1.165, 1.54) is 38.1 Å². The number of hydrogen-bond donors (Lipinski definition) is 0. The molecule has 2 aliphatic rings. The molecule has 7 rings (SSSR count). The summed E-state index contributed by atoms with van der Waals surface area (Å²) in [5.41, 5.74) is -0.243. The fourth-order valence-electron chi connectivity index (χ4n) is 7.98. The van der Waals surface area contributed by atoms with Gasteiger partial charge in [-0.2, -0.15) is 32.1 Å². The third-order valence-electron chi connectivity index (χ3n) is 11.0. The topological polar surface area (TPSA) is 134 Å². The van der Waals surface area contributed by atoms with Crippen LogP contribution in [0.4, 0.5) is 30.7 Å². The number of aryl methyl sites for hydroxylation is 1. The number of carbonyl (C=O) groups is 1. The van der Waals surface area contributed by atoms with Crippen LogP contribution in [0.1, 0.15) is 78.1 Å². The molecule has 3 heterocycles. The van der Waals surface area contributed by atoms with Crippen molar-refractivity contribution in [1.29, 1.82) is 0 Å². The zero-order chi connectivity index (χ0) is 44.8. The summed E-state index contributed by atoms with van der Waals surface area (Å²) >= 11 is 6.55. The van der Waals surface area contributed by atoms with Gasteiger partial charge in [0.2, 0.25) is 0 Å². The van der Waals surface area contributed by atoms with Gasteiger partial charge in [0.05, 0.1) is 33.4 Å². The number of ketones is 1. The lowest BCUT2D eigenvalue weighted by molar-refractivity contribution is -0.141. The van der Waals surface area contributed by atoms with Crippen LogP contribution in [0.3, 0.4) is 0 Å². The normalized spacial score (nSPS) is 17.8. The third kappa shape index (κ3) is 8.94. The van der Waals surface area contributed by atoms with Crippen molar-refractivity contribution in [3.05, 3.63) is 98.7 Å². The van der Waals surface area contributed by atoms with E-state index in [-0.39, 0.29) is 74.2 Å². The molecule has 5 aromatic rings. The van der Waals surface area contributed by atoms with Gasteiger partial charge >= 0.3 is 6.18 Å². The van der Waals surface area contributed by atoms with Crippen LogP contribution in [0.25, 0.3) is 22.0 Å². The number of alkyl halides is 5. The number of fused-ring (bicyclic) bond motifs is 4. The number of hydrogen-bond acceptors (Lipinski definition) is 8. The molecule has 20 heteroatoms. The van der Waals surface area contributed by atoms with Crippen LogP contribution >= 0.6 is 11.6 Å². The van der Waals surface area contributed by atoms with Crippen molar-refractivity contribution in [2.24, 2.45) is 5.92 Å². The molecule has 3 aromatic heterocycles. The Morgan fingerprint density at radius 2 is 1.64 bits per heavy atom. The molecule has 2 aromatic carbocycles. The van der Waals surface area contributed by atoms with E-state index < -0.39 is 91.0 Å². The molecule has 3 atom stereocenters. The van der Waals surface area contributed by atoms with Crippen LogP contribution in [0.5, 0.6) is 0 Å². The van der Waals surface area contributed by atoms with Crippen LogP contribution in [0.15, 0.2) is 42.5 Å². The van der Waals surface area contributed by atoms with Crippen LogP contribution in [-0.4, -0.2) is 70.6 Å². The monoisotopic (exact) mass is 911 g/mol. The molecule has 0 amide bonds. The fraction of sp³-hybridized carbons (Fsp3) is 0.415. The van der Waals surface area contributed by atoms with Crippen molar-refractivity contribution in [1.82, 2.24) is 24.5 Å². The van der Waals surface area contributed by atoms with Gasteiger partial charge in [-0.1, -0.05) is 23.6 Å². The second kappa shape index (κ2) is 15.2. The largest absolute Gasteiger partial charge is 0.408 e. The number of nitrogens with zero attached hydrogens (tertiary/aromatic N) is 5. The molecule has 0 aliphatic heterocycles. The van der Waals surface area contributed by atoms with Crippen LogP contribution in [0, 0.1) is 36.3 Å². The molecular weight excluding hydrogens is 875 g/mol. The Kier molecular flexibility index (Phi) is 11.0. The highest BCUT2D eigenvalue weighted by molar-refractivity contribution is 7.92. The summed E-state index contributed by atoms with van der Waals surface area (Å²) in [6.07, 6.45) is -3.60. The van der Waals surface area contributed by atoms with Gasteiger partial charge in [0.1, 0.15) is 40.9 Å². The maximum Gasteiger partial charge on any atom is 0.408 e. The van der Waals surface area contributed by atoms with Crippen LogP contribution < -0.4 is 0 Å². The third-order valence-corrected chi connectivity index (χ3v) is 14.1. The van der Waals surface area contributed by atoms with Gasteiger partial charge in [0.25, 0.3) is 5.92 Å². The van der Waals surface area contributed by atoms with Gasteiger partial charge in [-0.05, 0) is 81.3 Å². The van der Waals surface area contributed by atoms with Crippen molar-refractivity contribution in [2.45, 2.75) is 87.6 Å². The van der Waals surface area contributed by atoms with E-state index in [4.69, 9.17) is 16.6 Å². The number of rotatable bonds is 12. The smallest absolute Gasteiger partial charge is 0.298 e. The first-order chi connectivity index (χ1) is 28.1. The summed E-state index contributed by atoms with van der Waals surface area (Å²) in [4.78, 5) is 18.9. The summed E-state index contributed by atoms with van der Waals surface area (Å²) < 4.78 is 152. The molecule has 0 saturated heterocycles. The van der Waals surface area contributed by atoms with Crippen molar-refractivity contribution >= 4 is 48.0 Å². The van der Waals surface area contributed by atoms with E-state index in [0.717, 1.165) is 29.3 Å². The highest BCUT2D eigenvalue weighted by Crippen LogP contribution is 2.67. The molecule has 0 N–H and O–H groups in total. The number of sulfone groups is 2. The first kappa shape index (κ1) is 44.3. The van der Waals surface area contributed by atoms with E-state index in [9.17, 15) is 43.6 Å². The summed E-state index contributed by atoms with van der Waals surface area (Å²) in [5.74, 6) is -3.74. The molecule has 0 unspecified atom stereocenters. The van der Waals surface area contributed by atoms with Crippen molar-refractivity contribution in [3.63, 3.8) is 0 Å². The van der Waals surface area contributed by atoms with Crippen LogP contribution in [0.2, 0.25) is 5.02 Å². The molecule has 0 bridgehead atoms. The molecule has 61 heavy (non-hydrogen) atoms. The molecule has 1 saturated carbocycles. The zero-order valence-corrected chi connectivity index (χ0v) is 35.5. The zero-order valence-electron chi connectivity index (χ0n) is 33.1. The van der Waals surface area contributed by atoms with Crippen molar-refractivity contribution in [2.75, 3.05) is 12.5 Å². The van der Waals surface area contributed by atoms with Gasteiger partial charge in [-0.25, -0.2) is 30.6 Å². The summed E-state index contributed by atoms with van der Waals surface area (Å²) in [6.45, 7) is 1.97. The average molecular weight is 912 g/mol. The Bertz CT molecular complexity index is 2910. The Balaban J connectivity index is 1.44. The summed E-state index contributed by atoms with van der Waals surface area (Å²) in [7, 11) is -7.63. The minimum absolute atomic E-state index is 0.0170. The van der Waals surface area contributed by atoms with Crippen molar-refractivity contribution < 1.29 is 52.4 Å². The lowest BCUT2D eigenvalue weighted by atomic mass is 9.86. The van der Waals surface area contributed by atoms with Gasteiger partial charge in [0.15, 0.2) is 25.5 Å². The summed E-state index contributed by atoms with van der Waals surface area (Å²) in [5, 5.41) is 8.04. The predicted molar refractivity (Wildman–Crippen MR) is 213 cm³/mol. The second-order valence-electron chi connectivity index (χ2n) is 16.3. The molecule has 0 spiro atoms. The first-order valence-corrected chi connectivity index (χ1v) is 23.0. The maximum absolute atomic E-state index is 15.5. The minimum atomic E-state index is -4.87. The molecular formula is C41H37ClF7N5O5S2. The molecule has 10 nitrogen and oxygen atoms in total. The number of halogens is 8. The van der Waals surface area contributed by atoms with Gasteiger partial charge in [-0.3, -0.25) is 14.2 Å². The number of carbonyl (C=O) groups excluding carboxylic acids is 1. The van der Waals surface area contributed by atoms with E-state index in [1.54, 1.807) is 6.92 Å².